The molecule has 2 rings (SSSR count). The van der Waals surface area contributed by atoms with Crippen LogP contribution in [-0.2, 0) is 0 Å². The lowest BCUT2D eigenvalue weighted by Crippen LogP contribution is -2.46. The van der Waals surface area contributed by atoms with E-state index in [4.69, 9.17) is 17.0 Å². The minimum Gasteiger partial charge on any atom is -0.493 e. The van der Waals surface area contributed by atoms with E-state index in [1.807, 2.05) is 12.1 Å². The van der Waals surface area contributed by atoms with Crippen molar-refractivity contribution in [3.63, 3.8) is 0 Å². The zero-order valence-electron chi connectivity index (χ0n) is 14.3. The number of carbonyl (C=O) groups excluding carboxylic acids is 1. The first-order chi connectivity index (χ1) is 11.5. The van der Waals surface area contributed by atoms with Crippen LogP contribution in [0.15, 0.2) is 22.7 Å². The van der Waals surface area contributed by atoms with Crippen LogP contribution in [0.25, 0.3) is 0 Å². The van der Waals surface area contributed by atoms with Gasteiger partial charge in [0.15, 0.2) is 5.11 Å². The minimum atomic E-state index is -0.216. The van der Waals surface area contributed by atoms with Crippen LogP contribution in [0.4, 0.5) is 0 Å². The molecule has 6 heteroatoms. The van der Waals surface area contributed by atoms with Crippen LogP contribution in [0.1, 0.15) is 49.9 Å². The quantitative estimate of drug-likeness (QED) is 0.575. The second kappa shape index (κ2) is 9.37. The number of rotatable bonds is 5. The molecule has 1 amide bonds. The summed E-state index contributed by atoms with van der Waals surface area (Å²) in [5, 5.41) is 3.36. The molecule has 132 valence electrons. The Balaban J connectivity index is 2.02. The summed E-state index contributed by atoms with van der Waals surface area (Å²) in [5.74, 6) is 1.11. The summed E-state index contributed by atoms with van der Waals surface area (Å²) >= 11 is 8.83. The van der Waals surface area contributed by atoms with Crippen molar-refractivity contribution in [3.8, 4) is 5.75 Å². The average Bonchev–Trinajstić information content (AvgIpc) is 2.56. The second-order valence-electron chi connectivity index (χ2n) is 6.27. The molecule has 0 aliphatic carbocycles. The van der Waals surface area contributed by atoms with Gasteiger partial charge in [-0.15, -0.1) is 0 Å². The molecular formula is C18H25BrN2O2S. The predicted octanol–water partition coefficient (Wildman–Crippen LogP) is 4.37. The van der Waals surface area contributed by atoms with Gasteiger partial charge in [-0.1, -0.05) is 36.2 Å². The molecule has 1 aliphatic rings. The summed E-state index contributed by atoms with van der Waals surface area (Å²) in [5.41, 5.74) is 0.508. The molecule has 0 saturated carbocycles. The fourth-order valence-electron chi connectivity index (χ4n) is 2.59. The van der Waals surface area contributed by atoms with E-state index in [0.717, 1.165) is 49.2 Å². The highest BCUT2D eigenvalue weighted by Crippen LogP contribution is 2.24. The van der Waals surface area contributed by atoms with E-state index in [0.29, 0.717) is 23.0 Å². The number of hydrogen-bond donors (Lipinski definition) is 1. The van der Waals surface area contributed by atoms with Crippen LogP contribution in [0.3, 0.4) is 0 Å². The number of benzene rings is 1. The molecule has 0 spiro atoms. The smallest absolute Gasteiger partial charge is 0.261 e. The number of ether oxygens (including phenoxy) is 1. The molecule has 0 unspecified atom stereocenters. The van der Waals surface area contributed by atoms with Crippen molar-refractivity contribution < 1.29 is 9.53 Å². The number of thiocarbonyl (C=S) groups is 1. The molecule has 4 nitrogen and oxygen atoms in total. The molecule has 1 aromatic carbocycles. The third-order valence-electron chi connectivity index (χ3n) is 4.23. The maximum Gasteiger partial charge on any atom is 0.261 e. The van der Waals surface area contributed by atoms with Crippen LogP contribution in [0, 0.1) is 5.92 Å². The third-order valence-corrected chi connectivity index (χ3v) is 5.09. The molecule has 0 atom stereocenters. The SMILES string of the molecule is CCCCOc1ccc(Br)cc1C(=O)NC(=S)N1CCC(C)CC1. The maximum atomic E-state index is 12.6. The van der Waals surface area contributed by atoms with E-state index in [-0.39, 0.29) is 5.91 Å². The Hall–Kier alpha value is -1.14. The Morgan fingerprint density at radius 3 is 2.79 bits per heavy atom. The van der Waals surface area contributed by atoms with Gasteiger partial charge >= 0.3 is 0 Å². The van der Waals surface area contributed by atoms with E-state index in [1.54, 1.807) is 6.07 Å². The van der Waals surface area contributed by atoms with E-state index >= 15 is 0 Å². The molecule has 0 aromatic heterocycles. The van der Waals surface area contributed by atoms with Crippen molar-refractivity contribution in [2.24, 2.45) is 5.92 Å². The number of halogens is 1. The number of hydrogen-bond acceptors (Lipinski definition) is 3. The highest BCUT2D eigenvalue weighted by molar-refractivity contribution is 9.10. The molecule has 1 fully saturated rings. The van der Waals surface area contributed by atoms with Gasteiger partial charge < -0.3 is 9.64 Å². The van der Waals surface area contributed by atoms with Crippen molar-refractivity contribution in [2.75, 3.05) is 19.7 Å². The predicted molar refractivity (Wildman–Crippen MR) is 105 cm³/mol. The van der Waals surface area contributed by atoms with Gasteiger partial charge in [0.2, 0.25) is 0 Å². The van der Waals surface area contributed by atoms with Crippen molar-refractivity contribution in [2.45, 2.75) is 39.5 Å². The number of carbonyl (C=O) groups is 1. The van der Waals surface area contributed by atoms with Gasteiger partial charge in [-0.25, -0.2) is 0 Å². The van der Waals surface area contributed by atoms with Gasteiger partial charge in [0.25, 0.3) is 5.91 Å². The fraction of sp³-hybridized carbons (Fsp3) is 0.556. The summed E-state index contributed by atoms with van der Waals surface area (Å²) in [6, 6.07) is 5.47. The molecule has 24 heavy (non-hydrogen) atoms. The van der Waals surface area contributed by atoms with E-state index < -0.39 is 0 Å². The van der Waals surface area contributed by atoms with Crippen LogP contribution >= 0.6 is 28.1 Å². The number of nitrogens with zero attached hydrogens (tertiary/aromatic N) is 1. The first kappa shape index (κ1) is 19.2. The summed E-state index contributed by atoms with van der Waals surface area (Å²) in [7, 11) is 0. The number of amides is 1. The van der Waals surface area contributed by atoms with Gasteiger partial charge in [-0.3, -0.25) is 10.1 Å². The summed E-state index contributed by atoms with van der Waals surface area (Å²) in [6.45, 7) is 6.76. The highest BCUT2D eigenvalue weighted by atomic mass is 79.9. The average molecular weight is 413 g/mol. The Labute approximate surface area is 158 Å². The lowest BCUT2D eigenvalue weighted by molar-refractivity contribution is 0.0967. The Kier molecular flexibility index (Phi) is 7.49. The first-order valence-electron chi connectivity index (χ1n) is 8.54. The zero-order valence-corrected chi connectivity index (χ0v) is 16.7. The largest absolute Gasteiger partial charge is 0.493 e. The summed E-state index contributed by atoms with van der Waals surface area (Å²) in [6.07, 6.45) is 4.23. The van der Waals surface area contributed by atoms with Gasteiger partial charge in [-0.05, 0) is 55.6 Å². The van der Waals surface area contributed by atoms with E-state index in [2.05, 4.69) is 40.0 Å². The number of nitrogens with one attached hydrogen (secondary N) is 1. The Morgan fingerprint density at radius 1 is 1.42 bits per heavy atom. The molecular weight excluding hydrogens is 388 g/mol. The molecule has 1 heterocycles. The van der Waals surface area contributed by atoms with Crippen LogP contribution in [0.5, 0.6) is 5.75 Å². The molecule has 1 aliphatic heterocycles. The van der Waals surface area contributed by atoms with Crippen molar-refractivity contribution >= 4 is 39.2 Å². The van der Waals surface area contributed by atoms with Gasteiger partial charge in [0.05, 0.1) is 12.2 Å². The maximum absolute atomic E-state index is 12.6. The highest BCUT2D eigenvalue weighted by Gasteiger charge is 2.21. The molecule has 0 bridgehead atoms. The Bertz CT molecular complexity index is 586. The molecule has 1 saturated heterocycles. The van der Waals surface area contributed by atoms with Crippen LogP contribution in [0.2, 0.25) is 0 Å². The number of unbranched alkanes of at least 4 members (excludes halogenated alkanes) is 1. The van der Waals surface area contributed by atoms with Crippen LogP contribution < -0.4 is 10.1 Å². The number of piperidine rings is 1. The fourth-order valence-corrected chi connectivity index (χ4v) is 3.22. The van der Waals surface area contributed by atoms with Gasteiger partial charge in [0, 0.05) is 17.6 Å². The monoisotopic (exact) mass is 412 g/mol. The molecule has 0 radical (unpaired) electrons. The summed E-state index contributed by atoms with van der Waals surface area (Å²) in [4.78, 5) is 14.7. The van der Waals surface area contributed by atoms with Crippen molar-refractivity contribution in [3.05, 3.63) is 28.2 Å². The zero-order chi connectivity index (χ0) is 17.5. The standard InChI is InChI=1S/C18H25BrN2O2S/c1-3-4-11-23-16-6-5-14(19)12-15(16)17(22)20-18(24)21-9-7-13(2)8-10-21/h5-6,12-13H,3-4,7-11H2,1-2H3,(H,20,22,24). The first-order valence-corrected chi connectivity index (χ1v) is 9.74. The lowest BCUT2D eigenvalue weighted by atomic mass is 10.00. The lowest BCUT2D eigenvalue weighted by Gasteiger charge is -2.32. The van der Waals surface area contributed by atoms with E-state index in [1.165, 1.54) is 0 Å². The molecule has 1 aromatic rings. The van der Waals surface area contributed by atoms with Gasteiger partial charge in [-0.2, -0.15) is 0 Å². The van der Waals surface area contributed by atoms with Gasteiger partial charge in [0.1, 0.15) is 5.75 Å². The van der Waals surface area contributed by atoms with Crippen molar-refractivity contribution in [1.29, 1.82) is 0 Å². The second-order valence-corrected chi connectivity index (χ2v) is 7.57. The third kappa shape index (κ3) is 5.45. The topological polar surface area (TPSA) is 41.6 Å². The number of likely N-dealkylation sites (tertiary alicyclic amines) is 1. The van der Waals surface area contributed by atoms with E-state index in [9.17, 15) is 4.79 Å². The van der Waals surface area contributed by atoms with Crippen LogP contribution in [-0.4, -0.2) is 35.6 Å². The normalized spacial score (nSPS) is 15.2. The van der Waals surface area contributed by atoms with Crippen molar-refractivity contribution in [1.82, 2.24) is 10.2 Å². The Morgan fingerprint density at radius 2 is 2.12 bits per heavy atom. The minimum absolute atomic E-state index is 0.216. The summed E-state index contributed by atoms with van der Waals surface area (Å²) < 4.78 is 6.60. The molecule has 1 N–H and O–H groups in total.